The SMILES string of the molecule is C=CCSc1ccccc1NC(=O)C[NH+]1CCc2ccccc2C1. The van der Waals surface area contributed by atoms with Crippen LogP contribution in [0.1, 0.15) is 11.1 Å². The summed E-state index contributed by atoms with van der Waals surface area (Å²) in [5.41, 5.74) is 3.69. The Morgan fingerprint density at radius 3 is 2.75 bits per heavy atom. The van der Waals surface area contributed by atoms with Crippen molar-refractivity contribution < 1.29 is 9.69 Å². The minimum absolute atomic E-state index is 0.0797. The monoisotopic (exact) mass is 339 g/mol. The maximum absolute atomic E-state index is 12.5. The van der Waals surface area contributed by atoms with Gasteiger partial charge in [0.05, 0.1) is 12.2 Å². The number of amides is 1. The number of hydrogen-bond acceptors (Lipinski definition) is 2. The third kappa shape index (κ3) is 4.28. The molecular weight excluding hydrogens is 316 g/mol. The van der Waals surface area contributed by atoms with Crippen LogP contribution in [0, 0.1) is 0 Å². The second kappa shape index (κ2) is 8.18. The van der Waals surface area contributed by atoms with Crippen molar-refractivity contribution in [2.75, 3.05) is 24.2 Å². The summed E-state index contributed by atoms with van der Waals surface area (Å²) in [4.78, 5) is 14.9. The Labute approximate surface area is 147 Å². The van der Waals surface area contributed by atoms with Crippen LogP contribution >= 0.6 is 11.8 Å². The number of thioether (sulfide) groups is 1. The van der Waals surface area contributed by atoms with Crippen molar-refractivity contribution in [3.05, 3.63) is 72.3 Å². The van der Waals surface area contributed by atoms with Gasteiger partial charge in [0.25, 0.3) is 5.91 Å². The number of fused-ring (bicyclic) bond motifs is 1. The molecule has 124 valence electrons. The maximum Gasteiger partial charge on any atom is 0.279 e. The van der Waals surface area contributed by atoms with E-state index in [9.17, 15) is 4.79 Å². The molecule has 1 aliphatic rings. The topological polar surface area (TPSA) is 33.5 Å². The van der Waals surface area contributed by atoms with Gasteiger partial charge in [-0.05, 0) is 17.7 Å². The van der Waals surface area contributed by atoms with Crippen molar-refractivity contribution in [2.45, 2.75) is 17.9 Å². The molecule has 0 radical (unpaired) electrons. The van der Waals surface area contributed by atoms with E-state index in [1.807, 2.05) is 30.3 Å². The molecule has 0 aliphatic carbocycles. The number of benzene rings is 2. The number of quaternary nitrogens is 1. The summed E-state index contributed by atoms with van der Waals surface area (Å²) in [6.45, 7) is 6.20. The highest BCUT2D eigenvalue weighted by atomic mass is 32.2. The zero-order valence-corrected chi connectivity index (χ0v) is 14.6. The van der Waals surface area contributed by atoms with Gasteiger partial charge >= 0.3 is 0 Å². The lowest BCUT2D eigenvalue weighted by Gasteiger charge is -2.25. The summed E-state index contributed by atoms with van der Waals surface area (Å²) in [5.74, 6) is 0.914. The van der Waals surface area contributed by atoms with E-state index in [1.54, 1.807) is 11.8 Å². The lowest BCUT2D eigenvalue weighted by Crippen LogP contribution is -3.12. The minimum Gasteiger partial charge on any atom is -0.323 e. The second-order valence-corrected chi connectivity index (χ2v) is 7.08. The molecule has 24 heavy (non-hydrogen) atoms. The quantitative estimate of drug-likeness (QED) is 0.626. The van der Waals surface area contributed by atoms with Gasteiger partial charge < -0.3 is 10.2 Å². The zero-order chi connectivity index (χ0) is 16.8. The van der Waals surface area contributed by atoms with Gasteiger partial charge in [0, 0.05) is 22.6 Å². The molecule has 0 spiro atoms. The number of para-hydroxylation sites is 1. The van der Waals surface area contributed by atoms with Gasteiger partial charge in [-0.1, -0.05) is 42.5 Å². The Morgan fingerprint density at radius 1 is 1.17 bits per heavy atom. The summed E-state index contributed by atoms with van der Waals surface area (Å²) in [6, 6.07) is 16.5. The Kier molecular flexibility index (Phi) is 5.72. The molecule has 1 unspecified atom stereocenters. The van der Waals surface area contributed by atoms with Crippen molar-refractivity contribution in [3.63, 3.8) is 0 Å². The Balaban J connectivity index is 1.60. The first kappa shape index (κ1) is 16.8. The van der Waals surface area contributed by atoms with Crippen LogP contribution in [0.3, 0.4) is 0 Å². The van der Waals surface area contributed by atoms with Gasteiger partial charge in [0.2, 0.25) is 0 Å². The molecular formula is C20H23N2OS+. The van der Waals surface area contributed by atoms with E-state index in [0.29, 0.717) is 6.54 Å². The normalized spacial score (nSPS) is 16.2. The van der Waals surface area contributed by atoms with E-state index in [-0.39, 0.29) is 5.91 Å². The highest BCUT2D eigenvalue weighted by molar-refractivity contribution is 7.99. The molecule has 1 atom stereocenters. The van der Waals surface area contributed by atoms with Crippen molar-refractivity contribution >= 4 is 23.4 Å². The average Bonchev–Trinajstić information content (AvgIpc) is 2.61. The predicted molar refractivity (Wildman–Crippen MR) is 101 cm³/mol. The smallest absolute Gasteiger partial charge is 0.279 e. The van der Waals surface area contributed by atoms with E-state index in [1.165, 1.54) is 16.0 Å². The van der Waals surface area contributed by atoms with Crippen LogP contribution in [0.4, 0.5) is 5.69 Å². The predicted octanol–water partition coefficient (Wildman–Crippen LogP) is 2.54. The molecule has 2 N–H and O–H groups in total. The molecule has 3 rings (SSSR count). The molecule has 0 fully saturated rings. The third-order valence-electron chi connectivity index (χ3n) is 4.24. The summed E-state index contributed by atoms with van der Waals surface area (Å²) >= 11 is 1.69. The largest absolute Gasteiger partial charge is 0.323 e. The van der Waals surface area contributed by atoms with Crippen molar-refractivity contribution in [2.24, 2.45) is 0 Å². The molecule has 2 aromatic carbocycles. The zero-order valence-electron chi connectivity index (χ0n) is 13.8. The van der Waals surface area contributed by atoms with Crippen LogP contribution in [0.25, 0.3) is 0 Å². The number of rotatable bonds is 6. The van der Waals surface area contributed by atoms with E-state index >= 15 is 0 Å². The van der Waals surface area contributed by atoms with E-state index < -0.39 is 0 Å². The first-order chi connectivity index (χ1) is 11.8. The first-order valence-electron chi connectivity index (χ1n) is 8.29. The van der Waals surface area contributed by atoms with Crippen molar-refractivity contribution in [3.8, 4) is 0 Å². The molecule has 0 saturated heterocycles. The fourth-order valence-corrected chi connectivity index (χ4v) is 3.81. The van der Waals surface area contributed by atoms with Crippen LogP contribution in [0.15, 0.2) is 66.1 Å². The molecule has 0 aromatic heterocycles. The van der Waals surface area contributed by atoms with E-state index in [2.05, 4.69) is 36.2 Å². The molecule has 0 saturated carbocycles. The molecule has 4 heteroatoms. The number of carbonyl (C=O) groups excluding carboxylic acids is 1. The standard InChI is InChI=1S/C20H22N2OS/c1-2-13-24-19-10-6-5-9-18(19)21-20(23)15-22-12-11-16-7-3-4-8-17(16)14-22/h2-10H,1,11-15H2,(H,21,23)/p+1. The Bertz CT molecular complexity index is 729. The fraction of sp³-hybridized carbons (Fsp3) is 0.250. The van der Waals surface area contributed by atoms with Crippen molar-refractivity contribution in [1.29, 1.82) is 0 Å². The van der Waals surface area contributed by atoms with E-state index in [0.717, 1.165) is 35.8 Å². The first-order valence-corrected chi connectivity index (χ1v) is 9.28. The van der Waals surface area contributed by atoms with Gasteiger partial charge in [0.1, 0.15) is 6.54 Å². The number of anilines is 1. The van der Waals surface area contributed by atoms with Crippen LogP contribution < -0.4 is 10.2 Å². The summed E-state index contributed by atoms with van der Waals surface area (Å²) in [6.07, 6.45) is 2.92. The Morgan fingerprint density at radius 2 is 1.92 bits per heavy atom. The lowest BCUT2D eigenvalue weighted by atomic mass is 10.00. The molecule has 3 nitrogen and oxygen atoms in total. The Hall–Kier alpha value is -2.04. The average molecular weight is 339 g/mol. The van der Waals surface area contributed by atoms with Crippen LogP contribution in [-0.2, 0) is 17.8 Å². The highest BCUT2D eigenvalue weighted by Crippen LogP contribution is 2.26. The van der Waals surface area contributed by atoms with Crippen LogP contribution in [0.5, 0.6) is 0 Å². The summed E-state index contributed by atoms with van der Waals surface area (Å²) < 4.78 is 0. The van der Waals surface area contributed by atoms with Gasteiger partial charge in [-0.25, -0.2) is 0 Å². The second-order valence-electron chi connectivity index (χ2n) is 6.02. The third-order valence-corrected chi connectivity index (χ3v) is 5.30. The molecule has 2 aromatic rings. The van der Waals surface area contributed by atoms with Crippen molar-refractivity contribution in [1.82, 2.24) is 0 Å². The maximum atomic E-state index is 12.5. The number of hydrogen-bond donors (Lipinski definition) is 2. The van der Waals surface area contributed by atoms with Gasteiger partial charge in [-0.2, -0.15) is 0 Å². The number of carbonyl (C=O) groups is 1. The molecule has 1 aliphatic heterocycles. The van der Waals surface area contributed by atoms with Crippen LogP contribution in [-0.4, -0.2) is 24.7 Å². The fourth-order valence-electron chi connectivity index (χ4n) is 3.06. The van der Waals surface area contributed by atoms with Gasteiger partial charge in [-0.15, -0.1) is 18.3 Å². The minimum atomic E-state index is 0.0797. The molecule has 1 heterocycles. The number of nitrogens with one attached hydrogen (secondary N) is 2. The van der Waals surface area contributed by atoms with Crippen LogP contribution in [0.2, 0.25) is 0 Å². The van der Waals surface area contributed by atoms with E-state index in [4.69, 9.17) is 0 Å². The van der Waals surface area contributed by atoms with Gasteiger partial charge in [0.15, 0.2) is 6.54 Å². The molecule has 0 bridgehead atoms. The summed E-state index contributed by atoms with van der Waals surface area (Å²) in [5, 5.41) is 3.08. The lowest BCUT2D eigenvalue weighted by molar-refractivity contribution is -0.907. The highest BCUT2D eigenvalue weighted by Gasteiger charge is 2.21. The molecule has 1 amide bonds. The van der Waals surface area contributed by atoms with Gasteiger partial charge in [-0.3, -0.25) is 4.79 Å². The summed E-state index contributed by atoms with van der Waals surface area (Å²) in [7, 11) is 0.